The molecule has 2 aromatic rings. The number of nitrogens with zero attached hydrogens (tertiary/aromatic N) is 2. The number of furan rings is 1. The van der Waals surface area contributed by atoms with Crippen molar-refractivity contribution < 1.29 is 18.7 Å². The normalized spacial score (nSPS) is 10.2. The standard InChI is InChI=1S/C16H14N2O4S/c1-9-13(10(2)19)6-12(7-17)15(18-9)23-8-11-4-5-22-14(11)16(20)21-3/h4-6H,8H2,1-3H3. The highest BCUT2D eigenvalue weighted by Crippen LogP contribution is 2.28. The number of nitriles is 1. The van der Waals surface area contributed by atoms with E-state index < -0.39 is 5.97 Å². The zero-order chi connectivity index (χ0) is 17.0. The fourth-order valence-electron chi connectivity index (χ4n) is 2.00. The summed E-state index contributed by atoms with van der Waals surface area (Å²) in [4.78, 5) is 27.4. The first kappa shape index (κ1) is 16.8. The molecule has 0 radical (unpaired) electrons. The van der Waals surface area contributed by atoms with Gasteiger partial charge in [-0.05, 0) is 26.0 Å². The van der Waals surface area contributed by atoms with Gasteiger partial charge in [0.25, 0.3) is 0 Å². The van der Waals surface area contributed by atoms with Crippen molar-refractivity contribution in [3.63, 3.8) is 0 Å². The van der Waals surface area contributed by atoms with Crippen molar-refractivity contribution in [2.24, 2.45) is 0 Å². The number of carbonyl (C=O) groups excluding carboxylic acids is 2. The molecular weight excluding hydrogens is 316 g/mol. The number of rotatable bonds is 5. The second-order valence-electron chi connectivity index (χ2n) is 4.70. The minimum absolute atomic E-state index is 0.133. The maximum atomic E-state index is 11.6. The van der Waals surface area contributed by atoms with Gasteiger partial charge in [0.1, 0.15) is 11.1 Å². The molecular formula is C16H14N2O4S. The summed E-state index contributed by atoms with van der Waals surface area (Å²) in [6.07, 6.45) is 1.41. The van der Waals surface area contributed by atoms with Crippen LogP contribution in [0.25, 0.3) is 0 Å². The lowest BCUT2D eigenvalue weighted by atomic mass is 10.1. The summed E-state index contributed by atoms with van der Waals surface area (Å²) in [6.45, 7) is 3.16. The molecule has 0 atom stereocenters. The molecule has 0 aliphatic heterocycles. The van der Waals surface area contributed by atoms with Gasteiger partial charge in [-0.25, -0.2) is 9.78 Å². The van der Waals surface area contributed by atoms with Gasteiger partial charge in [0.05, 0.1) is 18.9 Å². The highest BCUT2D eigenvalue weighted by Gasteiger charge is 2.18. The van der Waals surface area contributed by atoms with Crippen LogP contribution >= 0.6 is 11.8 Å². The van der Waals surface area contributed by atoms with Crippen molar-refractivity contribution in [3.8, 4) is 6.07 Å². The van der Waals surface area contributed by atoms with Crippen molar-refractivity contribution in [2.45, 2.75) is 24.6 Å². The molecule has 7 heteroatoms. The molecule has 0 unspecified atom stereocenters. The molecule has 0 N–H and O–H groups in total. The van der Waals surface area contributed by atoms with Crippen molar-refractivity contribution in [1.29, 1.82) is 5.26 Å². The Hall–Kier alpha value is -2.59. The highest BCUT2D eigenvalue weighted by atomic mass is 32.2. The topological polar surface area (TPSA) is 93.2 Å². The van der Waals surface area contributed by atoms with Crippen molar-refractivity contribution in [2.75, 3.05) is 7.11 Å². The Morgan fingerprint density at radius 2 is 2.22 bits per heavy atom. The van der Waals surface area contributed by atoms with Gasteiger partial charge in [0, 0.05) is 22.6 Å². The summed E-state index contributed by atoms with van der Waals surface area (Å²) in [7, 11) is 1.28. The monoisotopic (exact) mass is 330 g/mol. The van der Waals surface area contributed by atoms with Crippen molar-refractivity contribution in [3.05, 3.63) is 46.5 Å². The second kappa shape index (κ2) is 7.11. The maximum Gasteiger partial charge on any atom is 0.374 e. The Balaban J connectivity index is 2.26. The SMILES string of the molecule is COC(=O)c1occc1CSc1nc(C)c(C(C)=O)cc1C#N. The number of hydrogen-bond acceptors (Lipinski definition) is 7. The van der Waals surface area contributed by atoms with E-state index in [1.54, 1.807) is 19.1 Å². The first-order valence-electron chi connectivity index (χ1n) is 6.68. The number of pyridine rings is 1. The number of thioether (sulfide) groups is 1. The van der Waals surface area contributed by atoms with Gasteiger partial charge < -0.3 is 9.15 Å². The number of Topliss-reactive ketones (excluding diaryl/α,β-unsaturated/α-hetero) is 1. The summed E-state index contributed by atoms with van der Waals surface area (Å²) >= 11 is 1.29. The predicted molar refractivity (Wildman–Crippen MR) is 83.3 cm³/mol. The molecule has 2 heterocycles. The van der Waals surface area contributed by atoms with E-state index in [2.05, 4.69) is 9.72 Å². The zero-order valence-electron chi connectivity index (χ0n) is 12.9. The minimum atomic E-state index is -0.554. The van der Waals surface area contributed by atoms with Crippen LogP contribution in [0.2, 0.25) is 0 Å². The molecule has 0 amide bonds. The molecule has 6 nitrogen and oxygen atoms in total. The molecule has 0 aliphatic rings. The van der Waals surface area contributed by atoms with E-state index >= 15 is 0 Å². The zero-order valence-corrected chi connectivity index (χ0v) is 13.7. The molecule has 0 spiro atoms. The minimum Gasteiger partial charge on any atom is -0.463 e. The van der Waals surface area contributed by atoms with E-state index in [4.69, 9.17) is 4.42 Å². The Labute approximate surface area is 137 Å². The molecule has 118 valence electrons. The summed E-state index contributed by atoms with van der Waals surface area (Å²) in [6, 6.07) is 5.26. The molecule has 0 saturated heterocycles. The van der Waals surface area contributed by atoms with Crippen LogP contribution in [0.5, 0.6) is 0 Å². The summed E-state index contributed by atoms with van der Waals surface area (Å²) < 4.78 is 9.76. The third-order valence-electron chi connectivity index (χ3n) is 3.16. The lowest BCUT2D eigenvalue weighted by Gasteiger charge is -2.07. The number of ether oxygens (including phenoxy) is 1. The van der Waals surface area contributed by atoms with Gasteiger partial charge in [-0.3, -0.25) is 4.79 Å². The smallest absolute Gasteiger partial charge is 0.374 e. The maximum absolute atomic E-state index is 11.6. The van der Waals surface area contributed by atoms with Gasteiger partial charge in [-0.1, -0.05) is 0 Å². The number of aromatic nitrogens is 1. The van der Waals surface area contributed by atoms with Crippen molar-refractivity contribution >= 4 is 23.5 Å². The molecule has 2 aromatic heterocycles. The number of carbonyl (C=O) groups is 2. The Kier molecular flexibility index (Phi) is 5.19. The molecule has 23 heavy (non-hydrogen) atoms. The van der Waals surface area contributed by atoms with Crippen LogP contribution in [0.15, 0.2) is 27.8 Å². The van der Waals surface area contributed by atoms with Gasteiger partial charge in [-0.15, -0.1) is 11.8 Å². The Morgan fingerprint density at radius 3 is 2.83 bits per heavy atom. The van der Waals surface area contributed by atoms with E-state index in [-0.39, 0.29) is 11.5 Å². The molecule has 0 bridgehead atoms. The van der Waals surface area contributed by atoms with Gasteiger partial charge >= 0.3 is 5.97 Å². The average molecular weight is 330 g/mol. The molecule has 0 aromatic carbocycles. The largest absolute Gasteiger partial charge is 0.463 e. The fraction of sp³-hybridized carbons (Fsp3) is 0.250. The van der Waals surface area contributed by atoms with E-state index in [1.165, 1.54) is 32.1 Å². The lowest BCUT2D eigenvalue weighted by molar-refractivity contribution is 0.0563. The van der Waals surface area contributed by atoms with Crippen LogP contribution in [0.3, 0.4) is 0 Å². The number of methoxy groups -OCH3 is 1. The lowest BCUT2D eigenvalue weighted by Crippen LogP contribution is -2.03. The average Bonchev–Trinajstić information content (AvgIpc) is 3.00. The van der Waals surface area contributed by atoms with Crippen LogP contribution in [-0.4, -0.2) is 23.8 Å². The molecule has 0 fully saturated rings. The highest BCUT2D eigenvalue weighted by molar-refractivity contribution is 7.98. The number of hydrogen-bond donors (Lipinski definition) is 0. The van der Waals surface area contributed by atoms with Crippen molar-refractivity contribution in [1.82, 2.24) is 4.98 Å². The van der Waals surface area contributed by atoms with E-state index in [9.17, 15) is 14.9 Å². The van der Waals surface area contributed by atoms with E-state index in [1.807, 2.05) is 6.07 Å². The fourth-order valence-corrected chi connectivity index (χ4v) is 2.98. The molecule has 2 rings (SSSR count). The summed E-state index contributed by atoms with van der Waals surface area (Å²) in [5.74, 6) is -0.162. The van der Waals surface area contributed by atoms with Gasteiger partial charge in [0.2, 0.25) is 5.76 Å². The third kappa shape index (κ3) is 3.60. The summed E-state index contributed by atoms with van der Waals surface area (Å²) in [5, 5.41) is 9.75. The Bertz CT molecular complexity index is 805. The van der Waals surface area contributed by atoms with Crippen LogP contribution in [0, 0.1) is 18.3 Å². The second-order valence-corrected chi connectivity index (χ2v) is 5.66. The molecule has 0 saturated carbocycles. The van der Waals surface area contributed by atoms with E-state index in [0.717, 1.165) is 0 Å². The first-order valence-corrected chi connectivity index (χ1v) is 7.66. The predicted octanol–water partition coefficient (Wildman–Crippen LogP) is 3.14. The Morgan fingerprint density at radius 1 is 1.48 bits per heavy atom. The number of esters is 1. The first-order chi connectivity index (χ1) is 11.0. The summed E-state index contributed by atoms with van der Waals surface area (Å²) in [5.41, 5.74) is 1.98. The third-order valence-corrected chi connectivity index (χ3v) is 4.20. The quantitative estimate of drug-likeness (QED) is 0.472. The van der Waals surface area contributed by atoms with Crippen LogP contribution in [0.1, 0.15) is 44.7 Å². The van der Waals surface area contributed by atoms with Crippen LogP contribution in [0.4, 0.5) is 0 Å². The van der Waals surface area contributed by atoms with Gasteiger partial charge in [0.15, 0.2) is 5.78 Å². The number of ketones is 1. The van der Waals surface area contributed by atoms with E-state index in [0.29, 0.717) is 33.2 Å². The molecule has 0 aliphatic carbocycles. The van der Waals surface area contributed by atoms with Crippen LogP contribution in [-0.2, 0) is 10.5 Å². The number of aryl methyl sites for hydroxylation is 1. The van der Waals surface area contributed by atoms with Crippen LogP contribution < -0.4 is 0 Å². The van der Waals surface area contributed by atoms with Gasteiger partial charge in [-0.2, -0.15) is 5.26 Å².